The maximum Gasteiger partial charge on any atom is 0.122 e. The summed E-state index contributed by atoms with van der Waals surface area (Å²) >= 11 is 1.62. The maximum atomic E-state index is 10.00. The van der Waals surface area contributed by atoms with Gasteiger partial charge >= 0.3 is 0 Å². The monoisotopic (exact) mass is 450 g/mol. The predicted octanol–water partition coefficient (Wildman–Crippen LogP) is 7.47. The van der Waals surface area contributed by atoms with Gasteiger partial charge in [0.25, 0.3) is 0 Å². The number of thioether (sulfide) groups is 1. The van der Waals surface area contributed by atoms with Gasteiger partial charge in [0.1, 0.15) is 16.8 Å². The highest BCUT2D eigenvalue weighted by molar-refractivity contribution is 7.99. The SMILES string of the molecule is Cc1ccc(OCCCSc2nc(-c3ccccc3)cc(-c3ccccc3)c2C#N)c(C)c1. The first-order valence-corrected chi connectivity index (χ1v) is 12.0. The van der Waals surface area contributed by atoms with Crippen LogP contribution in [0.4, 0.5) is 0 Å². The molecule has 0 fully saturated rings. The number of hydrogen-bond acceptors (Lipinski definition) is 4. The van der Waals surface area contributed by atoms with Crippen molar-refractivity contribution >= 4 is 11.8 Å². The fraction of sp³-hybridized carbons (Fsp3) is 0.172. The van der Waals surface area contributed by atoms with Crippen LogP contribution in [0.1, 0.15) is 23.1 Å². The predicted molar refractivity (Wildman–Crippen MR) is 137 cm³/mol. The Bertz CT molecular complexity index is 1260. The van der Waals surface area contributed by atoms with Crippen LogP contribution in [0.15, 0.2) is 90.0 Å². The number of benzene rings is 3. The van der Waals surface area contributed by atoms with E-state index in [9.17, 15) is 5.26 Å². The van der Waals surface area contributed by atoms with Gasteiger partial charge in [-0.25, -0.2) is 4.98 Å². The van der Waals surface area contributed by atoms with Gasteiger partial charge in [-0.15, -0.1) is 11.8 Å². The molecule has 4 heteroatoms. The summed E-state index contributed by atoms with van der Waals surface area (Å²) in [7, 11) is 0. The fourth-order valence-corrected chi connectivity index (χ4v) is 4.63. The minimum absolute atomic E-state index is 0.626. The van der Waals surface area contributed by atoms with Gasteiger partial charge in [0.15, 0.2) is 0 Å². The summed E-state index contributed by atoms with van der Waals surface area (Å²) < 4.78 is 5.97. The summed E-state index contributed by atoms with van der Waals surface area (Å²) in [6.07, 6.45) is 0.862. The molecule has 3 nitrogen and oxygen atoms in total. The smallest absolute Gasteiger partial charge is 0.122 e. The Morgan fingerprint density at radius 2 is 1.58 bits per heavy atom. The number of rotatable bonds is 8. The van der Waals surface area contributed by atoms with E-state index in [1.165, 1.54) is 5.56 Å². The first-order chi connectivity index (χ1) is 16.2. The van der Waals surface area contributed by atoms with E-state index in [0.29, 0.717) is 12.2 Å². The number of nitrogens with zero attached hydrogens (tertiary/aromatic N) is 2. The molecule has 0 spiro atoms. The molecule has 164 valence electrons. The summed E-state index contributed by atoms with van der Waals surface area (Å²) in [5, 5.41) is 10.8. The van der Waals surface area contributed by atoms with Crippen LogP contribution in [0.5, 0.6) is 5.75 Å². The molecule has 0 atom stereocenters. The lowest BCUT2D eigenvalue weighted by Crippen LogP contribution is -2.01. The van der Waals surface area contributed by atoms with Crippen LogP contribution in [-0.2, 0) is 0 Å². The average Bonchev–Trinajstić information content (AvgIpc) is 2.85. The van der Waals surface area contributed by atoms with Crippen LogP contribution in [-0.4, -0.2) is 17.3 Å². The first-order valence-electron chi connectivity index (χ1n) is 11.0. The van der Waals surface area contributed by atoms with E-state index in [1.807, 2.05) is 60.7 Å². The van der Waals surface area contributed by atoms with Crippen LogP contribution in [0.3, 0.4) is 0 Å². The van der Waals surface area contributed by atoms with Crippen molar-refractivity contribution in [3.63, 3.8) is 0 Å². The molecule has 0 radical (unpaired) electrons. The minimum Gasteiger partial charge on any atom is -0.493 e. The Kier molecular flexibility index (Phi) is 7.44. The van der Waals surface area contributed by atoms with Gasteiger partial charge in [-0.1, -0.05) is 78.4 Å². The summed E-state index contributed by atoms with van der Waals surface area (Å²) in [5.74, 6) is 1.75. The van der Waals surface area contributed by atoms with Crippen LogP contribution in [0, 0.1) is 25.2 Å². The zero-order valence-electron chi connectivity index (χ0n) is 18.9. The van der Waals surface area contributed by atoms with Crippen LogP contribution in [0.25, 0.3) is 22.4 Å². The second kappa shape index (κ2) is 10.8. The molecule has 0 aliphatic rings. The van der Waals surface area contributed by atoms with Gasteiger partial charge in [0.2, 0.25) is 0 Å². The maximum absolute atomic E-state index is 10.00. The van der Waals surface area contributed by atoms with Gasteiger partial charge in [0.05, 0.1) is 17.9 Å². The lowest BCUT2D eigenvalue weighted by molar-refractivity contribution is 0.316. The molecule has 1 heterocycles. The van der Waals surface area contributed by atoms with E-state index >= 15 is 0 Å². The van der Waals surface area contributed by atoms with Crippen molar-refractivity contribution in [1.29, 1.82) is 5.26 Å². The van der Waals surface area contributed by atoms with Crippen LogP contribution < -0.4 is 4.74 Å². The first kappa shape index (κ1) is 22.6. The summed E-state index contributed by atoms with van der Waals surface area (Å²) in [6, 6.07) is 30.8. The lowest BCUT2D eigenvalue weighted by atomic mass is 9.99. The standard InChI is InChI=1S/C29H26N2OS/c1-21-14-15-28(22(2)18-21)32-16-9-17-33-29-26(20-30)25(23-10-5-3-6-11-23)19-27(31-29)24-12-7-4-8-13-24/h3-8,10-15,18-19H,9,16-17H2,1-2H3. The largest absolute Gasteiger partial charge is 0.493 e. The Morgan fingerprint density at radius 1 is 0.879 bits per heavy atom. The molecule has 0 aliphatic heterocycles. The third kappa shape index (κ3) is 5.63. The molecule has 4 aromatic rings. The highest BCUT2D eigenvalue weighted by Crippen LogP contribution is 2.34. The number of ether oxygens (including phenoxy) is 1. The van der Waals surface area contributed by atoms with E-state index < -0.39 is 0 Å². The average molecular weight is 451 g/mol. The molecule has 0 bridgehead atoms. The lowest BCUT2D eigenvalue weighted by Gasteiger charge is -2.13. The highest BCUT2D eigenvalue weighted by atomic mass is 32.2. The third-order valence-corrected chi connectivity index (χ3v) is 6.43. The molecule has 0 saturated heterocycles. The Morgan fingerprint density at radius 3 is 2.24 bits per heavy atom. The van der Waals surface area contributed by atoms with Crippen molar-refractivity contribution in [2.24, 2.45) is 0 Å². The van der Waals surface area contributed by atoms with Crippen molar-refractivity contribution < 1.29 is 4.74 Å². The molecule has 0 saturated carbocycles. The Hall–Kier alpha value is -3.55. The van der Waals surface area contributed by atoms with Crippen molar-refractivity contribution in [3.05, 3.63) is 102 Å². The summed E-state index contributed by atoms with van der Waals surface area (Å²) in [5.41, 5.74) is 6.87. The molecule has 1 aromatic heterocycles. The Labute approximate surface area is 200 Å². The molecular formula is C29H26N2OS. The van der Waals surface area contributed by atoms with Gasteiger partial charge in [-0.2, -0.15) is 5.26 Å². The van der Waals surface area contributed by atoms with Gasteiger partial charge in [-0.3, -0.25) is 0 Å². The number of hydrogen-bond donors (Lipinski definition) is 0. The zero-order valence-corrected chi connectivity index (χ0v) is 19.7. The molecule has 0 amide bonds. The van der Waals surface area contributed by atoms with Crippen molar-refractivity contribution in [2.45, 2.75) is 25.3 Å². The van der Waals surface area contributed by atoms with E-state index in [2.05, 4.69) is 44.2 Å². The van der Waals surface area contributed by atoms with E-state index in [1.54, 1.807) is 11.8 Å². The second-order valence-corrected chi connectivity index (χ2v) is 8.98. The minimum atomic E-state index is 0.626. The van der Waals surface area contributed by atoms with E-state index in [0.717, 1.165) is 50.9 Å². The van der Waals surface area contributed by atoms with E-state index in [4.69, 9.17) is 9.72 Å². The number of nitriles is 1. The molecule has 3 aromatic carbocycles. The number of aryl methyl sites for hydroxylation is 2. The Balaban J connectivity index is 1.54. The quantitative estimate of drug-likeness (QED) is 0.206. The highest BCUT2D eigenvalue weighted by Gasteiger charge is 2.15. The molecule has 0 aliphatic carbocycles. The van der Waals surface area contributed by atoms with Gasteiger partial charge in [-0.05, 0) is 43.5 Å². The fourth-order valence-electron chi connectivity index (χ4n) is 3.71. The number of pyridine rings is 1. The normalized spacial score (nSPS) is 10.6. The van der Waals surface area contributed by atoms with Crippen molar-refractivity contribution in [3.8, 4) is 34.2 Å². The summed E-state index contributed by atoms with van der Waals surface area (Å²) in [6.45, 7) is 4.78. The molecule has 33 heavy (non-hydrogen) atoms. The van der Waals surface area contributed by atoms with Crippen LogP contribution in [0.2, 0.25) is 0 Å². The summed E-state index contributed by atoms with van der Waals surface area (Å²) in [4.78, 5) is 4.88. The molecule has 0 unspecified atom stereocenters. The molecule has 4 rings (SSSR count). The molecule has 0 N–H and O–H groups in total. The van der Waals surface area contributed by atoms with Crippen molar-refractivity contribution in [2.75, 3.05) is 12.4 Å². The second-order valence-electron chi connectivity index (χ2n) is 7.90. The topological polar surface area (TPSA) is 45.9 Å². The van der Waals surface area contributed by atoms with Crippen molar-refractivity contribution in [1.82, 2.24) is 4.98 Å². The number of aromatic nitrogens is 1. The van der Waals surface area contributed by atoms with Crippen LogP contribution >= 0.6 is 11.8 Å². The van der Waals surface area contributed by atoms with Gasteiger partial charge < -0.3 is 4.74 Å². The third-order valence-electron chi connectivity index (χ3n) is 5.37. The zero-order chi connectivity index (χ0) is 23.0. The van der Waals surface area contributed by atoms with E-state index in [-0.39, 0.29) is 0 Å². The molecular weight excluding hydrogens is 424 g/mol. The van der Waals surface area contributed by atoms with Gasteiger partial charge in [0, 0.05) is 16.9 Å².